The van der Waals surface area contributed by atoms with Gasteiger partial charge in [-0.25, -0.2) is 4.90 Å². The van der Waals surface area contributed by atoms with Crippen LogP contribution in [0.2, 0.25) is 10.0 Å². The normalized spacial score (nSPS) is 24.4. The van der Waals surface area contributed by atoms with Crippen molar-refractivity contribution in [1.29, 1.82) is 0 Å². The van der Waals surface area contributed by atoms with E-state index in [4.69, 9.17) is 23.2 Å². The first-order valence-corrected chi connectivity index (χ1v) is 7.39. The highest BCUT2D eigenvalue weighted by atomic mass is 35.5. The summed E-state index contributed by atoms with van der Waals surface area (Å²) in [5.41, 5.74) is 0.617. The molecule has 2 rings (SSSR count). The standard InChI is InChI=1S/C13H19Cl2FN3O/c1-2-5-17-9-18(16)19(10-17,6-7-20)13-4-3-11(14)8-12(13)15/h3-4,8,20H,2,5-7,9-10H2,1H3/q+1. The smallest absolute Gasteiger partial charge is 0.174 e. The number of halogens is 3. The van der Waals surface area contributed by atoms with Crippen molar-refractivity contribution < 1.29 is 9.59 Å². The molecule has 1 atom stereocenters. The number of benzene rings is 1. The Bertz CT molecular complexity index is 477. The maximum atomic E-state index is 14.5. The molecule has 0 spiro atoms. The molecule has 1 aromatic carbocycles. The van der Waals surface area contributed by atoms with Crippen molar-refractivity contribution in [2.24, 2.45) is 0 Å². The highest BCUT2D eigenvalue weighted by molar-refractivity contribution is 6.36. The topological polar surface area (TPSA) is 26.7 Å². The van der Waals surface area contributed by atoms with Crippen LogP contribution in [0.3, 0.4) is 0 Å². The van der Waals surface area contributed by atoms with Gasteiger partial charge in [-0.3, -0.25) is 0 Å². The number of quaternary nitrogens is 1. The molecule has 0 saturated carbocycles. The number of rotatable bonds is 5. The second kappa shape index (κ2) is 6.56. The molecule has 1 unspecified atom stereocenters. The zero-order chi connectivity index (χ0) is 14.8. The fourth-order valence-electron chi connectivity index (χ4n) is 2.66. The molecule has 1 aromatic rings. The van der Waals surface area contributed by atoms with Crippen LogP contribution in [0.1, 0.15) is 13.3 Å². The molecule has 20 heavy (non-hydrogen) atoms. The Morgan fingerprint density at radius 3 is 2.75 bits per heavy atom. The zero-order valence-electron chi connectivity index (χ0n) is 11.4. The summed E-state index contributed by atoms with van der Waals surface area (Å²) in [4.78, 5) is 2.00. The van der Waals surface area contributed by atoms with Crippen LogP contribution >= 0.6 is 23.2 Å². The number of nitrogens with zero attached hydrogens (tertiary/aromatic N) is 3. The Labute approximate surface area is 128 Å². The molecular weight excluding hydrogens is 304 g/mol. The Balaban J connectivity index is 2.39. The molecule has 7 heteroatoms. The van der Waals surface area contributed by atoms with Gasteiger partial charge < -0.3 is 5.11 Å². The van der Waals surface area contributed by atoms with Crippen LogP contribution < -0.4 is 4.59 Å². The quantitative estimate of drug-likeness (QED) is 0.666. The monoisotopic (exact) mass is 322 g/mol. The lowest BCUT2D eigenvalue weighted by atomic mass is 10.2. The van der Waals surface area contributed by atoms with E-state index in [1.165, 1.54) is 0 Å². The lowest BCUT2D eigenvalue weighted by Crippen LogP contribution is -2.56. The van der Waals surface area contributed by atoms with E-state index in [0.717, 1.165) is 18.2 Å². The highest BCUT2D eigenvalue weighted by Gasteiger charge is 2.48. The summed E-state index contributed by atoms with van der Waals surface area (Å²) in [6.45, 7) is 3.62. The van der Waals surface area contributed by atoms with Crippen LogP contribution in [0.25, 0.3) is 0 Å². The predicted octanol–water partition coefficient (Wildman–Crippen LogP) is 3.04. The van der Waals surface area contributed by atoms with Crippen LogP contribution in [-0.2, 0) is 0 Å². The molecule has 1 aliphatic heterocycles. The third-order valence-electron chi connectivity index (χ3n) is 3.53. The van der Waals surface area contributed by atoms with Crippen molar-refractivity contribution in [3.05, 3.63) is 28.2 Å². The van der Waals surface area contributed by atoms with E-state index in [9.17, 15) is 9.59 Å². The summed E-state index contributed by atoms with van der Waals surface area (Å²) in [5, 5.41) is 11.0. The van der Waals surface area contributed by atoms with Gasteiger partial charge in [-0.1, -0.05) is 34.6 Å². The Hall–Kier alpha value is -0.430. The van der Waals surface area contributed by atoms with E-state index in [2.05, 4.69) is 6.92 Å². The maximum absolute atomic E-state index is 14.5. The van der Waals surface area contributed by atoms with E-state index in [-0.39, 0.29) is 24.4 Å². The van der Waals surface area contributed by atoms with Gasteiger partial charge in [0.25, 0.3) is 0 Å². The summed E-state index contributed by atoms with van der Waals surface area (Å²) in [6.07, 6.45) is 0.946. The molecule has 112 valence electrons. The largest absolute Gasteiger partial charge is 0.390 e. The molecule has 0 bridgehead atoms. The molecule has 0 aromatic heterocycles. The lowest BCUT2D eigenvalue weighted by Gasteiger charge is -2.34. The van der Waals surface area contributed by atoms with Crippen molar-refractivity contribution in [2.75, 3.05) is 33.0 Å². The molecule has 0 radical (unpaired) electrons. The van der Waals surface area contributed by atoms with E-state index in [1.807, 2.05) is 4.90 Å². The fraction of sp³-hybridized carbons (Fsp3) is 0.538. The van der Waals surface area contributed by atoms with E-state index < -0.39 is 0 Å². The van der Waals surface area contributed by atoms with Crippen molar-refractivity contribution in [2.45, 2.75) is 13.3 Å². The first-order valence-electron chi connectivity index (χ1n) is 6.63. The molecule has 4 nitrogen and oxygen atoms in total. The van der Waals surface area contributed by atoms with E-state index in [1.54, 1.807) is 18.2 Å². The van der Waals surface area contributed by atoms with Crippen LogP contribution in [0.15, 0.2) is 18.2 Å². The molecule has 0 amide bonds. The van der Waals surface area contributed by atoms with Crippen molar-refractivity contribution in [1.82, 2.24) is 14.7 Å². The van der Waals surface area contributed by atoms with Gasteiger partial charge in [-0.05, 0) is 18.6 Å². The molecular formula is C13H19Cl2FN3O+. The molecule has 1 heterocycles. The van der Waals surface area contributed by atoms with Crippen LogP contribution in [0.5, 0.6) is 0 Å². The molecule has 1 fully saturated rings. The first kappa shape index (κ1) is 15.9. The van der Waals surface area contributed by atoms with Crippen molar-refractivity contribution >= 4 is 28.9 Å². The predicted molar refractivity (Wildman–Crippen MR) is 79.9 cm³/mol. The van der Waals surface area contributed by atoms with Gasteiger partial charge >= 0.3 is 0 Å². The highest BCUT2D eigenvalue weighted by Crippen LogP contribution is 2.38. The summed E-state index contributed by atoms with van der Waals surface area (Å²) < 4.78 is 14.4. The fourth-order valence-corrected chi connectivity index (χ4v) is 3.23. The number of hydrogen-bond donors (Lipinski definition) is 1. The molecule has 0 aliphatic carbocycles. The minimum absolute atomic E-state index is 0.119. The maximum Gasteiger partial charge on any atom is 0.174 e. The third kappa shape index (κ3) is 2.93. The van der Waals surface area contributed by atoms with Crippen molar-refractivity contribution in [3.63, 3.8) is 0 Å². The van der Waals surface area contributed by atoms with Gasteiger partial charge in [0.2, 0.25) is 0 Å². The average Bonchev–Trinajstić information content (AvgIpc) is 2.67. The van der Waals surface area contributed by atoms with Gasteiger partial charge in [0, 0.05) is 22.9 Å². The number of aliphatic hydroxyl groups is 1. The molecule has 1 aliphatic rings. The Morgan fingerprint density at radius 2 is 2.15 bits per heavy atom. The lowest BCUT2D eigenvalue weighted by molar-refractivity contribution is -0.131. The second-order valence-electron chi connectivity index (χ2n) is 4.98. The second-order valence-corrected chi connectivity index (χ2v) is 5.82. The minimum Gasteiger partial charge on any atom is -0.390 e. The van der Waals surface area contributed by atoms with Crippen molar-refractivity contribution in [3.8, 4) is 0 Å². The summed E-state index contributed by atoms with van der Waals surface area (Å²) in [7, 11) is 0. The Morgan fingerprint density at radius 1 is 1.40 bits per heavy atom. The third-order valence-corrected chi connectivity index (χ3v) is 4.07. The average molecular weight is 323 g/mol. The van der Waals surface area contributed by atoms with Crippen LogP contribution in [0, 0.1) is 0 Å². The SMILES string of the molecule is CCCN1CN(F)[N+](CCO)(c2ccc(Cl)cc2Cl)C1. The van der Waals surface area contributed by atoms with Crippen LogP contribution in [0.4, 0.5) is 10.2 Å². The number of aliphatic hydroxyl groups excluding tert-OH is 1. The summed E-state index contributed by atoms with van der Waals surface area (Å²) in [6, 6.07) is 5.02. The molecule has 1 saturated heterocycles. The first-order chi connectivity index (χ1) is 9.53. The minimum atomic E-state index is -0.126. The number of hydrogen-bond acceptors (Lipinski definition) is 3. The van der Waals surface area contributed by atoms with Crippen LogP contribution in [-0.4, -0.2) is 48.3 Å². The van der Waals surface area contributed by atoms with Gasteiger partial charge in [0.05, 0.1) is 6.61 Å². The van der Waals surface area contributed by atoms with Gasteiger partial charge in [0.1, 0.15) is 18.2 Å². The molecule has 1 N–H and O–H groups in total. The summed E-state index contributed by atoms with van der Waals surface area (Å²) in [5.74, 6) is 0. The van der Waals surface area contributed by atoms with E-state index in [0.29, 0.717) is 22.4 Å². The van der Waals surface area contributed by atoms with Gasteiger partial charge in [-0.15, -0.1) is 0 Å². The Kier molecular flexibility index (Phi) is 5.23. The van der Waals surface area contributed by atoms with Gasteiger partial charge in [0.15, 0.2) is 12.4 Å². The zero-order valence-corrected chi connectivity index (χ0v) is 12.9. The van der Waals surface area contributed by atoms with Gasteiger partial charge in [-0.2, -0.15) is 4.59 Å². The summed E-state index contributed by atoms with van der Waals surface area (Å²) >= 11 is 12.1. The van der Waals surface area contributed by atoms with E-state index >= 15 is 0 Å².